The molecule has 3 rings (SSSR count). The van der Waals surface area contributed by atoms with Gasteiger partial charge in [-0.25, -0.2) is 4.99 Å². The molecule has 1 unspecified atom stereocenters. The minimum atomic E-state index is 0. The fraction of sp³-hybridized carbons (Fsp3) is 0.632. The molecule has 5 nitrogen and oxygen atoms in total. The summed E-state index contributed by atoms with van der Waals surface area (Å²) in [6.07, 6.45) is 4.79. The molecular formula is C19H30IN3O2. The molecule has 1 aromatic rings. The topological polar surface area (TPSA) is 60.1 Å². The predicted octanol–water partition coefficient (Wildman–Crippen LogP) is 3.33. The van der Waals surface area contributed by atoms with Gasteiger partial charge in [0.25, 0.3) is 0 Å². The molecule has 2 heterocycles. The molecule has 2 N–H and O–H groups in total. The van der Waals surface area contributed by atoms with E-state index in [-0.39, 0.29) is 24.0 Å². The molecule has 2 aliphatic heterocycles. The van der Waals surface area contributed by atoms with Gasteiger partial charge in [-0.1, -0.05) is 12.1 Å². The largest absolute Gasteiger partial charge is 0.493 e. The van der Waals surface area contributed by atoms with Crippen molar-refractivity contribution in [2.75, 3.05) is 32.9 Å². The number of nitrogens with two attached hydrogens (primary N) is 1. The smallest absolute Gasteiger partial charge is 0.191 e. The summed E-state index contributed by atoms with van der Waals surface area (Å²) in [5.74, 6) is 2.09. The Hall–Kier alpha value is -1.02. The van der Waals surface area contributed by atoms with Gasteiger partial charge in [0.2, 0.25) is 0 Å². The molecule has 1 aromatic carbocycles. The Morgan fingerprint density at radius 1 is 1.32 bits per heavy atom. The van der Waals surface area contributed by atoms with E-state index >= 15 is 0 Å². The molecular weight excluding hydrogens is 429 g/mol. The van der Waals surface area contributed by atoms with Gasteiger partial charge in [0.15, 0.2) is 5.96 Å². The van der Waals surface area contributed by atoms with E-state index in [4.69, 9.17) is 15.2 Å². The second-order valence-electron chi connectivity index (χ2n) is 6.87. The highest BCUT2D eigenvalue weighted by Gasteiger charge is 2.17. The van der Waals surface area contributed by atoms with Gasteiger partial charge in [-0.3, -0.25) is 0 Å². The van der Waals surface area contributed by atoms with Crippen LogP contribution in [0, 0.1) is 12.8 Å². The number of benzene rings is 1. The zero-order valence-electron chi connectivity index (χ0n) is 15.1. The lowest BCUT2D eigenvalue weighted by molar-refractivity contribution is 0.166. The molecule has 0 saturated carbocycles. The fourth-order valence-corrected chi connectivity index (χ4v) is 3.24. The van der Waals surface area contributed by atoms with Crippen molar-refractivity contribution < 1.29 is 9.47 Å². The van der Waals surface area contributed by atoms with E-state index in [2.05, 4.69) is 35.0 Å². The summed E-state index contributed by atoms with van der Waals surface area (Å²) in [4.78, 5) is 6.79. The molecule has 0 spiro atoms. The molecule has 0 radical (unpaired) electrons. The van der Waals surface area contributed by atoms with Crippen molar-refractivity contribution in [2.45, 2.75) is 39.2 Å². The Balaban J connectivity index is 0.00000225. The van der Waals surface area contributed by atoms with Crippen LogP contribution in [-0.2, 0) is 11.3 Å². The first kappa shape index (κ1) is 20.3. The van der Waals surface area contributed by atoms with Crippen molar-refractivity contribution in [1.82, 2.24) is 4.90 Å². The molecule has 6 heteroatoms. The first-order valence-electron chi connectivity index (χ1n) is 9.07. The summed E-state index contributed by atoms with van der Waals surface area (Å²) in [7, 11) is 0. The monoisotopic (exact) mass is 459 g/mol. The lowest BCUT2D eigenvalue weighted by Gasteiger charge is -2.27. The second kappa shape index (κ2) is 10.2. The van der Waals surface area contributed by atoms with E-state index in [1.165, 1.54) is 24.8 Å². The van der Waals surface area contributed by atoms with Crippen LogP contribution in [0.4, 0.5) is 0 Å². The SMILES string of the molecule is Cc1ccc(CN=C(N)N2CCCCC2)c(OCC2CCOC2)c1.I. The number of hydrogen-bond donors (Lipinski definition) is 1. The number of hydrogen-bond acceptors (Lipinski definition) is 3. The van der Waals surface area contributed by atoms with Crippen LogP contribution in [0.25, 0.3) is 0 Å². The van der Waals surface area contributed by atoms with E-state index < -0.39 is 0 Å². The predicted molar refractivity (Wildman–Crippen MR) is 112 cm³/mol. The number of piperidine rings is 1. The molecule has 0 bridgehead atoms. The van der Waals surface area contributed by atoms with Crippen LogP contribution in [-0.4, -0.2) is 43.8 Å². The Labute approximate surface area is 168 Å². The van der Waals surface area contributed by atoms with Crippen LogP contribution in [0.3, 0.4) is 0 Å². The maximum atomic E-state index is 6.17. The first-order chi connectivity index (χ1) is 11.7. The Bertz CT molecular complexity index is 568. The summed E-state index contributed by atoms with van der Waals surface area (Å²) in [5, 5.41) is 0. The summed E-state index contributed by atoms with van der Waals surface area (Å²) < 4.78 is 11.5. The van der Waals surface area contributed by atoms with E-state index in [1.807, 2.05) is 0 Å². The van der Waals surface area contributed by atoms with Gasteiger partial charge in [-0.05, 0) is 44.2 Å². The zero-order valence-corrected chi connectivity index (χ0v) is 17.4. The summed E-state index contributed by atoms with van der Waals surface area (Å²) >= 11 is 0. The van der Waals surface area contributed by atoms with Crippen molar-refractivity contribution >= 4 is 29.9 Å². The third-order valence-electron chi connectivity index (χ3n) is 4.81. The fourth-order valence-electron chi connectivity index (χ4n) is 3.24. The summed E-state index contributed by atoms with van der Waals surface area (Å²) in [5.41, 5.74) is 8.46. The summed E-state index contributed by atoms with van der Waals surface area (Å²) in [6.45, 7) is 7.07. The third kappa shape index (κ3) is 6.02. The van der Waals surface area contributed by atoms with E-state index in [0.29, 0.717) is 25.0 Å². The van der Waals surface area contributed by atoms with Gasteiger partial charge in [-0.15, -0.1) is 24.0 Å². The number of rotatable bonds is 5. The van der Waals surface area contributed by atoms with Crippen LogP contribution in [0.5, 0.6) is 5.75 Å². The molecule has 0 amide bonds. The van der Waals surface area contributed by atoms with Gasteiger partial charge in [0.05, 0.1) is 19.8 Å². The Morgan fingerprint density at radius 3 is 2.84 bits per heavy atom. The maximum absolute atomic E-state index is 6.17. The van der Waals surface area contributed by atoms with Crippen LogP contribution < -0.4 is 10.5 Å². The summed E-state index contributed by atoms with van der Waals surface area (Å²) in [6, 6.07) is 6.30. The quantitative estimate of drug-likeness (QED) is 0.417. The molecule has 1 atom stereocenters. The number of likely N-dealkylation sites (tertiary alicyclic amines) is 1. The average Bonchev–Trinajstić information content (AvgIpc) is 3.13. The molecule has 2 fully saturated rings. The zero-order chi connectivity index (χ0) is 16.8. The highest BCUT2D eigenvalue weighted by Crippen LogP contribution is 2.23. The molecule has 2 aliphatic rings. The molecule has 0 aliphatic carbocycles. The van der Waals surface area contributed by atoms with Gasteiger partial charge in [0.1, 0.15) is 5.75 Å². The van der Waals surface area contributed by atoms with E-state index in [1.54, 1.807) is 0 Å². The van der Waals surface area contributed by atoms with Crippen molar-refractivity contribution in [3.05, 3.63) is 29.3 Å². The highest BCUT2D eigenvalue weighted by atomic mass is 127. The molecule has 0 aromatic heterocycles. The van der Waals surface area contributed by atoms with Gasteiger partial charge < -0.3 is 20.1 Å². The van der Waals surface area contributed by atoms with Crippen molar-refractivity contribution in [2.24, 2.45) is 16.6 Å². The normalized spacial score (nSPS) is 21.1. The highest BCUT2D eigenvalue weighted by molar-refractivity contribution is 14.0. The van der Waals surface area contributed by atoms with Gasteiger partial charge >= 0.3 is 0 Å². The minimum Gasteiger partial charge on any atom is -0.493 e. The number of aryl methyl sites for hydroxylation is 1. The number of halogens is 1. The minimum absolute atomic E-state index is 0. The Morgan fingerprint density at radius 2 is 2.12 bits per heavy atom. The number of nitrogens with zero attached hydrogens (tertiary/aromatic N) is 2. The van der Waals surface area contributed by atoms with Gasteiger partial charge in [0, 0.05) is 31.2 Å². The van der Waals surface area contributed by atoms with E-state index in [9.17, 15) is 0 Å². The molecule has 25 heavy (non-hydrogen) atoms. The maximum Gasteiger partial charge on any atom is 0.191 e. The third-order valence-corrected chi connectivity index (χ3v) is 4.81. The van der Waals surface area contributed by atoms with Crippen molar-refractivity contribution in [3.8, 4) is 5.75 Å². The average molecular weight is 459 g/mol. The van der Waals surface area contributed by atoms with Crippen LogP contribution >= 0.6 is 24.0 Å². The standard InChI is InChI=1S/C19H29N3O2.HI/c1-15-5-6-17(12-21-19(20)22-8-3-2-4-9-22)18(11-15)24-14-16-7-10-23-13-16;/h5-6,11,16H,2-4,7-10,12-14H2,1H3,(H2,20,21);1H. The lowest BCUT2D eigenvalue weighted by atomic mass is 10.1. The van der Waals surface area contributed by atoms with E-state index in [0.717, 1.165) is 44.0 Å². The number of guanidine groups is 1. The van der Waals surface area contributed by atoms with Crippen LogP contribution in [0.2, 0.25) is 0 Å². The van der Waals surface area contributed by atoms with Crippen molar-refractivity contribution in [1.29, 1.82) is 0 Å². The lowest BCUT2D eigenvalue weighted by Crippen LogP contribution is -2.40. The van der Waals surface area contributed by atoms with Crippen LogP contribution in [0.15, 0.2) is 23.2 Å². The Kier molecular flexibility index (Phi) is 8.29. The molecule has 2 saturated heterocycles. The van der Waals surface area contributed by atoms with Crippen molar-refractivity contribution in [3.63, 3.8) is 0 Å². The second-order valence-corrected chi connectivity index (χ2v) is 6.87. The van der Waals surface area contributed by atoms with Crippen LogP contribution in [0.1, 0.15) is 36.8 Å². The first-order valence-corrected chi connectivity index (χ1v) is 9.07. The number of ether oxygens (including phenoxy) is 2. The molecule has 140 valence electrons. The number of aliphatic imine (C=N–C) groups is 1. The van der Waals surface area contributed by atoms with Gasteiger partial charge in [-0.2, -0.15) is 0 Å².